The van der Waals surface area contributed by atoms with Gasteiger partial charge in [-0.25, -0.2) is 5.43 Å². The van der Waals surface area contributed by atoms with Crippen LogP contribution in [0.15, 0.2) is 90.0 Å². The van der Waals surface area contributed by atoms with Crippen LogP contribution in [0.4, 0.5) is 5.69 Å². The van der Waals surface area contributed by atoms with Gasteiger partial charge < -0.3 is 0 Å². The number of nitro benzene ring substituents is 1. The molecule has 3 aromatic carbocycles. The first-order valence-corrected chi connectivity index (χ1v) is 9.70. The molecule has 0 aliphatic rings. The van der Waals surface area contributed by atoms with Crippen LogP contribution in [0.5, 0.6) is 0 Å². The Hall–Kier alpha value is -3.80. The van der Waals surface area contributed by atoms with Crippen LogP contribution in [-0.2, 0) is 17.6 Å². The maximum atomic E-state index is 12.9. The molecule has 1 N–H and O–H groups in total. The summed E-state index contributed by atoms with van der Waals surface area (Å²) in [6.07, 6.45) is 1.18. The molecule has 3 rings (SSSR count). The molecule has 1 amide bonds. The standard InChI is InChI=1S/C24H23N3O3/c1-18(21-13-8-14-23(17-21)27(29)30)25-26-24(28)22(15-19-9-4-2-5-10-19)16-20-11-6-3-7-12-20/h2-14,17,22H,15-16H2,1H3,(H,26,28). The second-order valence-electron chi connectivity index (χ2n) is 7.06. The van der Waals surface area contributed by atoms with E-state index in [0.29, 0.717) is 24.1 Å². The molecule has 30 heavy (non-hydrogen) atoms. The summed E-state index contributed by atoms with van der Waals surface area (Å²) in [6.45, 7) is 1.71. The van der Waals surface area contributed by atoms with E-state index in [1.807, 2.05) is 60.7 Å². The number of amides is 1. The van der Waals surface area contributed by atoms with Crippen LogP contribution in [0.1, 0.15) is 23.6 Å². The molecule has 0 saturated carbocycles. The van der Waals surface area contributed by atoms with Crippen molar-refractivity contribution < 1.29 is 9.72 Å². The van der Waals surface area contributed by atoms with Crippen LogP contribution in [-0.4, -0.2) is 16.5 Å². The van der Waals surface area contributed by atoms with Gasteiger partial charge >= 0.3 is 0 Å². The molecule has 152 valence electrons. The smallest absolute Gasteiger partial charge is 0.270 e. The van der Waals surface area contributed by atoms with Gasteiger partial charge in [-0.05, 0) is 30.9 Å². The largest absolute Gasteiger partial charge is 0.273 e. The molecule has 0 aromatic heterocycles. The third kappa shape index (κ3) is 5.85. The van der Waals surface area contributed by atoms with Crippen molar-refractivity contribution >= 4 is 17.3 Å². The van der Waals surface area contributed by atoms with Crippen LogP contribution in [0.3, 0.4) is 0 Å². The Morgan fingerprint density at radius 3 is 2.03 bits per heavy atom. The van der Waals surface area contributed by atoms with Crippen molar-refractivity contribution in [1.29, 1.82) is 0 Å². The second kappa shape index (κ2) is 10.1. The van der Waals surface area contributed by atoms with Crippen molar-refractivity contribution in [2.75, 3.05) is 0 Å². The highest BCUT2D eigenvalue weighted by Crippen LogP contribution is 2.16. The molecular formula is C24H23N3O3. The summed E-state index contributed by atoms with van der Waals surface area (Å²) in [4.78, 5) is 23.5. The molecule has 0 bridgehead atoms. The number of nitrogens with one attached hydrogen (secondary N) is 1. The van der Waals surface area contributed by atoms with Gasteiger partial charge in [0, 0.05) is 23.6 Å². The van der Waals surface area contributed by atoms with Gasteiger partial charge in [-0.3, -0.25) is 14.9 Å². The van der Waals surface area contributed by atoms with Crippen molar-refractivity contribution in [3.05, 3.63) is 112 Å². The highest BCUT2D eigenvalue weighted by Gasteiger charge is 2.20. The van der Waals surface area contributed by atoms with Crippen LogP contribution in [0.25, 0.3) is 0 Å². The highest BCUT2D eigenvalue weighted by molar-refractivity contribution is 5.99. The lowest BCUT2D eigenvalue weighted by atomic mass is 9.92. The fraction of sp³-hybridized carbons (Fsp3) is 0.167. The van der Waals surface area contributed by atoms with E-state index in [0.717, 1.165) is 11.1 Å². The van der Waals surface area contributed by atoms with E-state index in [-0.39, 0.29) is 17.5 Å². The van der Waals surface area contributed by atoms with E-state index in [9.17, 15) is 14.9 Å². The molecule has 0 saturated heterocycles. The number of benzene rings is 3. The predicted octanol–water partition coefficient (Wildman–Crippen LogP) is 4.54. The molecule has 0 heterocycles. The molecule has 0 atom stereocenters. The third-order valence-electron chi connectivity index (χ3n) is 4.83. The molecule has 0 spiro atoms. The van der Waals surface area contributed by atoms with Crippen LogP contribution in [0.2, 0.25) is 0 Å². The maximum absolute atomic E-state index is 12.9. The average molecular weight is 401 g/mol. The Labute approximate surface area is 175 Å². The lowest BCUT2D eigenvalue weighted by molar-refractivity contribution is -0.384. The van der Waals surface area contributed by atoms with Gasteiger partial charge in [-0.1, -0.05) is 72.8 Å². The number of carbonyl (C=O) groups is 1. The number of rotatable bonds is 8. The minimum Gasteiger partial charge on any atom is -0.273 e. The van der Waals surface area contributed by atoms with Crippen molar-refractivity contribution in [3.63, 3.8) is 0 Å². The number of hydrazone groups is 1. The monoisotopic (exact) mass is 401 g/mol. The topological polar surface area (TPSA) is 84.6 Å². The first-order chi connectivity index (χ1) is 14.5. The summed E-state index contributed by atoms with van der Waals surface area (Å²) in [6, 6.07) is 25.9. The SMILES string of the molecule is CC(=NNC(=O)C(Cc1ccccc1)Cc1ccccc1)c1cccc([N+](=O)[O-])c1. The quantitative estimate of drug-likeness (QED) is 0.342. The molecule has 6 heteroatoms. The maximum Gasteiger partial charge on any atom is 0.270 e. The van der Waals surface area contributed by atoms with Gasteiger partial charge in [0.1, 0.15) is 0 Å². The molecular weight excluding hydrogens is 378 g/mol. The fourth-order valence-corrected chi connectivity index (χ4v) is 3.19. The lowest BCUT2D eigenvalue weighted by Gasteiger charge is -2.16. The first kappa shape index (κ1) is 20.9. The molecule has 0 radical (unpaired) electrons. The Kier molecular flexibility index (Phi) is 7.05. The van der Waals surface area contributed by atoms with Gasteiger partial charge in [-0.15, -0.1) is 0 Å². The Balaban J connectivity index is 1.75. The summed E-state index contributed by atoms with van der Waals surface area (Å²) in [5, 5.41) is 15.2. The molecule has 0 aliphatic heterocycles. The summed E-state index contributed by atoms with van der Waals surface area (Å²) in [7, 11) is 0. The molecule has 3 aromatic rings. The number of hydrogen-bond donors (Lipinski definition) is 1. The van der Waals surface area contributed by atoms with Crippen molar-refractivity contribution in [2.24, 2.45) is 11.0 Å². The van der Waals surface area contributed by atoms with E-state index >= 15 is 0 Å². The third-order valence-corrected chi connectivity index (χ3v) is 4.83. The number of nitrogens with zero attached hydrogens (tertiary/aromatic N) is 2. The number of non-ortho nitro benzene ring substituents is 1. The van der Waals surface area contributed by atoms with Crippen LogP contribution >= 0.6 is 0 Å². The summed E-state index contributed by atoms with van der Waals surface area (Å²) in [5.41, 5.74) is 5.88. The van der Waals surface area contributed by atoms with Crippen LogP contribution < -0.4 is 5.43 Å². The van der Waals surface area contributed by atoms with Crippen LogP contribution in [0, 0.1) is 16.0 Å². The van der Waals surface area contributed by atoms with E-state index in [1.54, 1.807) is 19.1 Å². The van der Waals surface area contributed by atoms with Gasteiger partial charge in [0.25, 0.3) is 5.69 Å². The zero-order chi connectivity index (χ0) is 21.3. The Morgan fingerprint density at radius 1 is 0.933 bits per heavy atom. The normalized spacial score (nSPS) is 11.3. The summed E-state index contributed by atoms with van der Waals surface area (Å²) < 4.78 is 0. The molecule has 6 nitrogen and oxygen atoms in total. The van der Waals surface area contributed by atoms with Gasteiger partial charge in [0.2, 0.25) is 5.91 Å². The van der Waals surface area contributed by atoms with E-state index in [4.69, 9.17) is 0 Å². The highest BCUT2D eigenvalue weighted by atomic mass is 16.6. The van der Waals surface area contributed by atoms with Gasteiger partial charge in [-0.2, -0.15) is 5.10 Å². The fourth-order valence-electron chi connectivity index (χ4n) is 3.19. The number of carbonyl (C=O) groups excluding carboxylic acids is 1. The summed E-state index contributed by atoms with van der Waals surface area (Å²) in [5.74, 6) is -0.482. The Bertz CT molecular complexity index is 992. The average Bonchev–Trinajstić information content (AvgIpc) is 2.78. The number of hydrogen-bond acceptors (Lipinski definition) is 4. The van der Waals surface area contributed by atoms with Crippen molar-refractivity contribution in [2.45, 2.75) is 19.8 Å². The zero-order valence-electron chi connectivity index (χ0n) is 16.7. The van der Waals surface area contributed by atoms with Crippen molar-refractivity contribution in [3.8, 4) is 0 Å². The van der Waals surface area contributed by atoms with Gasteiger partial charge in [0.05, 0.1) is 10.6 Å². The second-order valence-corrected chi connectivity index (χ2v) is 7.06. The van der Waals surface area contributed by atoms with E-state index in [1.165, 1.54) is 12.1 Å². The molecule has 0 fully saturated rings. The van der Waals surface area contributed by atoms with E-state index < -0.39 is 4.92 Å². The zero-order valence-corrected chi connectivity index (χ0v) is 16.7. The predicted molar refractivity (Wildman–Crippen MR) is 117 cm³/mol. The first-order valence-electron chi connectivity index (χ1n) is 9.70. The minimum atomic E-state index is -0.453. The minimum absolute atomic E-state index is 0.0144. The summed E-state index contributed by atoms with van der Waals surface area (Å²) >= 11 is 0. The van der Waals surface area contributed by atoms with E-state index in [2.05, 4.69) is 10.5 Å². The van der Waals surface area contributed by atoms with Crippen molar-refractivity contribution in [1.82, 2.24) is 5.43 Å². The molecule has 0 aliphatic carbocycles. The molecule has 0 unspecified atom stereocenters. The number of nitro groups is 1. The lowest BCUT2D eigenvalue weighted by Crippen LogP contribution is -2.30. The Morgan fingerprint density at radius 2 is 1.50 bits per heavy atom. The van der Waals surface area contributed by atoms with Gasteiger partial charge in [0.15, 0.2) is 0 Å².